The van der Waals surface area contributed by atoms with Gasteiger partial charge in [-0.05, 0) is 16.6 Å². The molecule has 0 aliphatic heterocycles. The summed E-state index contributed by atoms with van der Waals surface area (Å²) in [6.45, 7) is 21.5. The highest BCUT2D eigenvalue weighted by Crippen LogP contribution is 2.40. The smallest absolute Gasteiger partial charge is 0.131 e. The van der Waals surface area contributed by atoms with Crippen LogP contribution in [0.25, 0.3) is 0 Å². The molecular weight excluding hydrogens is 236 g/mol. The van der Waals surface area contributed by atoms with Crippen LogP contribution in [-0.2, 0) is 0 Å². The highest BCUT2D eigenvalue weighted by Gasteiger charge is 2.41. The Bertz CT molecular complexity index is 262. The molecule has 0 radical (unpaired) electrons. The first kappa shape index (κ1) is 17.0. The van der Waals surface area contributed by atoms with Crippen LogP contribution in [0.2, 0.25) is 42.3 Å². The lowest BCUT2D eigenvalue weighted by Gasteiger charge is -2.38. The maximum absolute atomic E-state index is 3.81. The number of hydrogen-bond acceptors (Lipinski definition) is 0. The van der Waals surface area contributed by atoms with Gasteiger partial charge in [0.2, 0.25) is 0 Å². The first-order valence-electron chi connectivity index (χ1n) is 7.04. The first-order chi connectivity index (χ1) is 7.54. The molecule has 17 heavy (non-hydrogen) atoms. The molecule has 2 heteroatoms. The second kappa shape index (κ2) is 6.25. The molecule has 100 valence electrons. The molecule has 0 unspecified atom stereocenters. The fourth-order valence-electron chi connectivity index (χ4n) is 2.90. The van der Waals surface area contributed by atoms with Crippen molar-refractivity contribution in [2.75, 3.05) is 0 Å². The molecule has 0 aliphatic rings. The maximum Gasteiger partial charge on any atom is 0.145 e. The molecule has 0 spiro atoms. The van der Waals surface area contributed by atoms with E-state index in [0.29, 0.717) is 0 Å². The van der Waals surface area contributed by atoms with Crippen molar-refractivity contribution in [3.05, 3.63) is 0 Å². The Morgan fingerprint density at radius 3 is 1.35 bits per heavy atom. The Labute approximate surface area is 112 Å². The summed E-state index contributed by atoms with van der Waals surface area (Å²) in [4.78, 5) is 0. The zero-order valence-corrected chi connectivity index (χ0v) is 15.4. The predicted octanol–water partition coefficient (Wildman–Crippen LogP) is 5.55. The van der Waals surface area contributed by atoms with Crippen LogP contribution < -0.4 is 0 Å². The van der Waals surface area contributed by atoms with E-state index in [1.54, 1.807) is 0 Å². The van der Waals surface area contributed by atoms with Crippen LogP contribution in [0.15, 0.2) is 0 Å². The van der Waals surface area contributed by atoms with Crippen molar-refractivity contribution in [3.63, 3.8) is 0 Å². The average molecular weight is 269 g/mol. The van der Waals surface area contributed by atoms with Crippen LogP contribution in [0, 0.1) is 11.5 Å². The highest BCUT2D eigenvalue weighted by molar-refractivity contribution is 6.90. The van der Waals surface area contributed by atoms with Gasteiger partial charge in [-0.2, -0.15) is 0 Å². The highest BCUT2D eigenvalue weighted by atomic mass is 28.3. The third-order valence-electron chi connectivity index (χ3n) is 3.79. The molecule has 0 heterocycles. The van der Waals surface area contributed by atoms with Crippen molar-refractivity contribution in [1.29, 1.82) is 0 Å². The summed E-state index contributed by atoms with van der Waals surface area (Å²) in [5, 5.41) is 0. The van der Waals surface area contributed by atoms with E-state index in [1.807, 2.05) is 0 Å². The van der Waals surface area contributed by atoms with E-state index in [2.05, 4.69) is 72.6 Å². The number of rotatable bonds is 4. The quantitative estimate of drug-likeness (QED) is 0.463. The minimum Gasteiger partial charge on any atom is -0.131 e. The summed E-state index contributed by atoms with van der Waals surface area (Å²) in [6.07, 6.45) is 0. The Morgan fingerprint density at radius 1 is 0.765 bits per heavy atom. The largest absolute Gasteiger partial charge is 0.145 e. The molecule has 0 aromatic carbocycles. The summed E-state index contributed by atoms with van der Waals surface area (Å²) in [5.41, 5.74) is 6.09. The molecule has 0 N–H and O–H groups in total. The number of hydrogen-bond donors (Lipinski definition) is 0. The van der Waals surface area contributed by atoms with E-state index in [4.69, 9.17) is 0 Å². The maximum atomic E-state index is 3.81. The zero-order chi connectivity index (χ0) is 13.9. The van der Waals surface area contributed by atoms with Gasteiger partial charge in [-0.1, -0.05) is 61.2 Å². The summed E-state index contributed by atoms with van der Waals surface area (Å²) in [7, 11) is -2.48. The second-order valence-electron chi connectivity index (χ2n) is 7.44. The fourth-order valence-corrected chi connectivity index (χ4v) is 8.95. The van der Waals surface area contributed by atoms with Gasteiger partial charge in [-0.3, -0.25) is 0 Å². The van der Waals surface area contributed by atoms with Gasteiger partial charge in [0.15, 0.2) is 0 Å². The monoisotopic (exact) mass is 268 g/mol. The standard InChI is InChI=1S/C15H32Si2/c1-13(2)17(14(3)4,15(5)6)12-10-11-16(7,8)9/h13-15H,11H2,1-9H3. The van der Waals surface area contributed by atoms with Crippen molar-refractivity contribution >= 4 is 16.1 Å². The van der Waals surface area contributed by atoms with Gasteiger partial charge >= 0.3 is 0 Å². The molecule has 0 aromatic heterocycles. The normalized spacial score (nSPS) is 13.2. The van der Waals surface area contributed by atoms with Gasteiger partial charge in [-0.25, -0.2) is 0 Å². The van der Waals surface area contributed by atoms with E-state index in [0.717, 1.165) is 22.7 Å². The van der Waals surface area contributed by atoms with Crippen molar-refractivity contribution < 1.29 is 0 Å². The van der Waals surface area contributed by atoms with Crippen LogP contribution in [0.3, 0.4) is 0 Å². The van der Waals surface area contributed by atoms with E-state index in [-0.39, 0.29) is 0 Å². The lowest BCUT2D eigenvalue weighted by molar-refractivity contribution is 0.838. The lowest BCUT2D eigenvalue weighted by Crippen LogP contribution is -2.43. The molecule has 0 aromatic rings. The average Bonchev–Trinajstić information content (AvgIpc) is 2.08. The Hall–Kier alpha value is -0.00623. The van der Waals surface area contributed by atoms with Crippen molar-refractivity contribution in [3.8, 4) is 11.5 Å². The Morgan fingerprint density at radius 2 is 1.12 bits per heavy atom. The van der Waals surface area contributed by atoms with E-state index < -0.39 is 16.1 Å². The van der Waals surface area contributed by atoms with E-state index in [9.17, 15) is 0 Å². The lowest BCUT2D eigenvalue weighted by atomic mass is 10.5. The van der Waals surface area contributed by atoms with Gasteiger partial charge in [0, 0.05) is 6.04 Å². The van der Waals surface area contributed by atoms with Gasteiger partial charge in [0.1, 0.15) is 8.07 Å². The molecule has 0 aliphatic carbocycles. The van der Waals surface area contributed by atoms with Crippen LogP contribution in [0.4, 0.5) is 0 Å². The summed E-state index contributed by atoms with van der Waals surface area (Å²) < 4.78 is 0. The predicted molar refractivity (Wildman–Crippen MR) is 87.0 cm³/mol. The van der Waals surface area contributed by atoms with Crippen LogP contribution in [0.1, 0.15) is 41.5 Å². The molecule has 0 bridgehead atoms. The molecule has 0 fully saturated rings. The van der Waals surface area contributed by atoms with Gasteiger partial charge in [0.25, 0.3) is 0 Å². The SMILES string of the molecule is CC(C)[Si](C#CC[Si](C)(C)C)(C(C)C)C(C)C. The first-order valence-corrected chi connectivity index (χ1v) is 13.0. The molecule has 0 saturated heterocycles. The van der Waals surface area contributed by atoms with Crippen molar-refractivity contribution in [2.45, 2.75) is 83.9 Å². The third kappa shape index (κ3) is 4.64. The Kier molecular flexibility index (Phi) is 6.24. The minimum absolute atomic E-state index is 0.761. The molecular formula is C15H32Si2. The van der Waals surface area contributed by atoms with Crippen molar-refractivity contribution in [2.24, 2.45) is 0 Å². The zero-order valence-electron chi connectivity index (χ0n) is 13.4. The third-order valence-corrected chi connectivity index (χ3v) is 11.4. The summed E-state index contributed by atoms with van der Waals surface area (Å²) in [5.74, 6) is 3.58. The van der Waals surface area contributed by atoms with E-state index in [1.165, 1.54) is 0 Å². The second-order valence-corrected chi connectivity index (χ2v) is 18.5. The van der Waals surface area contributed by atoms with Crippen molar-refractivity contribution in [1.82, 2.24) is 0 Å². The van der Waals surface area contributed by atoms with E-state index >= 15 is 0 Å². The Balaban J connectivity index is 5.20. The van der Waals surface area contributed by atoms with Gasteiger partial charge in [-0.15, -0.1) is 11.5 Å². The van der Waals surface area contributed by atoms with Crippen LogP contribution in [0.5, 0.6) is 0 Å². The topological polar surface area (TPSA) is 0 Å². The molecule has 0 rings (SSSR count). The minimum atomic E-state index is -1.47. The fraction of sp³-hybridized carbons (Fsp3) is 0.867. The molecule has 0 amide bonds. The summed E-state index contributed by atoms with van der Waals surface area (Å²) >= 11 is 0. The summed E-state index contributed by atoms with van der Waals surface area (Å²) in [6, 6.07) is 1.16. The van der Waals surface area contributed by atoms with Crippen LogP contribution in [-0.4, -0.2) is 16.1 Å². The molecule has 0 nitrogen and oxygen atoms in total. The van der Waals surface area contributed by atoms with Gasteiger partial charge < -0.3 is 0 Å². The molecule has 0 atom stereocenters. The van der Waals surface area contributed by atoms with Crippen LogP contribution >= 0.6 is 0 Å². The van der Waals surface area contributed by atoms with Gasteiger partial charge in [0.05, 0.1) is 8.07 Å². The molecule has 0 saturated carbocycles.